The lowest BCUT2D eigenvalue weighted by Crippen LogP contribution is -2.51. The number of nitrogens with zero attached hydrogens (tertiary/aromatic N) is 2. The first-order valence-electron chi connectivity index (χ1n) is 10.8. The van der Waals surface area contributed by atoms with Crippen LogP contribution in [-0.2, 0) is 4.74 Å². The highest BCUT2D eigenvalue weighted by Crippen LogP contribution is 2.29. The molecule has 0 amide bonds. The molecule has 29 heavy (non-hydrogen) atoms. The lowest BCUT2D eigenvalue weighted by atomic mass is 9.90. The van der Waals surface area contributed by atoms with E-state index in [1.165, 1.54) is 12.8 Å². The lowest BCUT2D eigenvalue weighted by Gasteiger charge is -2.35. The number of ether oxygens (including phenoxy) is 1. The number of hydrogen-bond donors (Lipinski definition) is 4. The summed E-state index contributed by atoms with van der Waals surface area (Å²) in [6, 6.07) is 5.86. The standard InChI is InChI=1S/C22H33N5O2/c1-13(2)24-22-19-9-21(23-10-15(19)8-20(27-22)14(3)28)26-17-6-4-16(5-7-17)25-18-11-29-12-18/h8-10,13-14,16-18,25,28H,4-7,11-12H2,1-3H3,(H,23,26)(H,24,27)/t14-,16?,17?/m1/s1. The van der Waals surface area contributed by atoms with Crippen LogP contribution >= 0.6 is 0 Å². The van der Waals surface area contributed by atoms with Crippen LogP contribution in [0.15, 0.2) is 18.3 Å². The summed E-state index contributed by atoms with van der Waals surface area (Å²) in [6.45, 7) is 7.63. The molecule has 7 heteroatoms. The van der Waals surface area contributed by atoms with Crippen molar-refractivity contribution in [1.82, 2.24) is 15.3 Å². The lowest BCUT2D eigenvalue weighted by molar-refractivity contribution is -0.0120. The van der Waals surface area contributed by atoms with E-state index in [1.54, 1.807) is 6.92 Å². The number of fused-ring (bicyclic) bond motifs is 1. The van der Waals surface area contributed by atoms with Crippen molar-refractivity contribution in [2.24, 2.45) is 0 Å². The first-order valence-corrected chi connectivity index (χ1v) is 10.8. The van der Waals surface area contributed by atoms with Crippen molar-refractivity contribution in [3.8, 4) is 0 Å². The fraction of sp³-hybridized carbons (Fsp3) is 0.636. The van der Waals surface area contributed by atoms with Gasteiger partial charge in [0.25, 0.3) is 0 Å². The van der Waals surface area contributed by atoms with Gasteiger partial charge in [-0.3, -0.25) is 0 Å². The Morgan fingerprint density at radius 3 is 2.38 bits per heavy atom. The molecule has 0 unspecified atom stereocenters. The molecule has 2 aromatic heterocycles. The maximum atomic E-state index is 9.97. The van der Waals surface area contributed by atoms with Gasteiger partial charge in [-0.15, -0.1) is 0 Å². The molecule has 0 radical (unpaired) electrons. The smallest absolute Gasteiger partial charge is 0.134 e. The van der Waals surface area contributed by atoms with Gasteiger partial charge in [-0.2, -0.15) is 0 Å². The Hall–Kier alpha value is -1.96. The zero-order valence-corrected chi connectivity index (χ0v) is 17.6. The second kappa shape index (κ2) is 8.81. The number of pyridine rings is 2. The molecular formula is C22H33N5O2. The minimum atomic E-state index is -0.611. The Kier molecular flexibility index (Phi) is 6.18. The van der Waals surface area contributed by atoms with E-state index >= 15 is 0 Å². The molecule has 7 nitrogen and oxygen atoms in total. The molecule has 4 rings (SSSR count). The van der Waals surface area contributed by atoms with Crippen LogP contribution in [0, 0.1) is 0 Å². The van der Waals surface area contributed by atoms with Gasteiger partial charge in [-0.25, -0.2) is 9.97 Å². The minimum absolute atomic E-state index is 0.253. The van der Waals surface area contributed by atoms with Crippen LogP contribution in [0.1, 0.15) is 58.3 Å². The maximum absolute atomic E-state index is 9.97. The second-order valence-corrected chi connectivity index (χ2v) is 8.76. The molecule has 0 bridgehead atoms. The molecule has 2 aromatic rings. The van der Waals surface area contributed by atoms with Gasteiger partial charge in [0, 0.05) is 35.1 Å². The van der Waals surface area contributed by atoms with E-state index in [1.807, 2.05) is 12.3 Å². The van der Waals surface area contributed by atoms with Crippen LogP contribution in [0.4, 0.5) is 11.6 Å². The highest BCUT2D eigenvalue weighted by Gasteiger charge is 2.26. The topological polar surface area (TPSA) is 91.3 Å². The molecule has 3 heterocycles. The minimum Gasteiger partial charge on any atom is -0.387 e. The van der Waals surface area contributed by atoms with Crippen molar-refractivity contribution in [2.75, 3.05) is 23.8 Å². The molecule has 1 atom stereocenters. The SMILES string of the molecule is CC(C)Nc1nc([C@@H](C)O)cc2cnc(NC3CCC(NC4COC4)CC3)cc12. The van der Waals surface area contributed by atoms with Gasteiger partial charge in [0.1, 0.15) is 11.6 Å². The molecule has 4 N–H and O–H groups in total. The largest absolute Gasteiger partial charge is 0.387 e. The Bertz CT molecular complexity index is 829. The zero-order valence-electron chi connectivity index (χ0n) is 17.6. The van der Waals surface area contributed by atoms with Gasteiger partial charge in [0.15, 0.2) is 0 Å². The van der Waals surface area contributed by atoms with E-state index in [0.29, 0.717) is 23.8 Å². The fourth-order valence-electron chi connectivity index (χ4n) is 4.12. The maximum Gasteiger partial charge on any atom is 0.134 e. The van der Waals surface area contributed by atoms with Crippen molar-refractivity contribution >= 4 is 22.4 Å². The number of rotatable bonds is 7. The van der Waals surface area contributed by atoms with Crippen molar-refractivity contribution in [3.63, 3.8) is 0 Å². The molecule has 0 aromatic carbocycles. The van der Waals surface area contributed by atoms with Gasteiger partial charge in [0.2, 0.25) is 0 Å². The summed E-state index contributed by atoms with van der Waals surface area (Å²) in [5.41, 5.74) is 0.658. The van der Waals surface area contributed by atoms with Gasteiger partial charge in [-0.05, 0) is 58.6 Å². The second-order valence-electron chi connectivity index (χ2n) is 8.76. The summed E-state index contributed by atoms with van der Waals surface area (Å²) >= 11 is 0. The van der Waals surface area contributed by atoms with Crippen LogP contribution in [0.25, 0.3) is 10.8 Å². The van der Waals surface area contributed by atoms with E-state index in [4.69, 9.17) is 4.74 Å². The highest BCUT2D eigenvalue weighted by atomic mass is 16.5. The van der Waals surface area contributed by atoms with E-state index in [2.05, 4.69) is 45.8 Å². The molecule has 2 fully saturated rings. The third-order valence-corrected chi connectivity index (χ3v) is 5.78. The fourth-order valence-corrected chi connectivity index (χ4v) is 4.12. The van der Waals surface area contributed by atoms with Gasteiger partial charge >= 0.3 is 0 Å². The van der Waals surface area contributed by atoms with Crippen molar-refractivity contribution < 1.29 is 9.84 Å². The molecular weight excluding hydrogens is 366 g/mol. The van der Waals surface area contributed by atoms with E-state index in [9.17, 15) is 5.11 Å². The number of aliphatic hydroxyl groups excluding tert-OH is 1. The predicted molar refractivity (Wildman–Crippen MR) is 116 cm³/mol. The monoisotopic (exact) mass is 399 g/mol. The summed E-state index contributed by atoms with van der Waals surface area (Å²) in [6.07, 6.45) is 5.91. The van der Waals surface area contributed by atoms with Crippen LogP contribution in [0.2, 0.25) is 0 Å². The molecule has 0 spiro atoms. The Morgan fingerprint density at radius 2 is 1.76 bits per heavy atom. The van der Waals surface area contributed by atoms with Crippen molar-refractivity contribution in [3.05, 3.63) is 24.0 Å². The van der Waals surface area contributed by atoms with Crippen LogP contribution < -0.4 is 16.0 Å². The van der Waals surface area contributed by atoms with Crippen molar-refractivity contribution in [1.29, 1.82) is 0 Å². The van der Waals surface area contributed by atoms with Crippen molar-refractivity contribution in [2.45, 2.75) is 76.7 Å². The molecule has 1 saturated heterocycles. The summed E-state index contributed by atoms with van der Waals surface area (Å²) in [4.78, 5) is 9.28. The van der Waals surface area contributed by atoms with Crippen LogP contribution in [0.3, 0.4) is 0 Å². The first-order chi connectivity index (χ1) is 14.0. The molecule has 158 valence electrons. The summed E-state index contributed by atoms with van der Waals surface area (Å²) < 4.78 is 5.26. The predicted octanol–water partition coefficient (Wildman–Crippen LogP) is 3.21. The van der Waals surface area contributed by atoms with E-state index < -0.39 is 6.10 Å². The van der Waals surface area contributed by atoms with Gasteiger partial charge in [0.05, 0.1) is 31.1 Å². The third-order valence-electron chi connectivity index (χ3n) is 5.78. The zero-order chi connectivity index (χ0) is 20.4. The van der Waals surface area contributed by atoms with Crippen LogP contribution in [0.5, 0.6) is 0 Å². The van der Waals surface area contributed by atoms with E-state index in [0.717, 1.165) is 48.5 Å². The molecule has 1 aliphatic heterocycles. The average Bonchev–Trinajstić information content (AvgIpc) is 2.65. The normalized spacial score (nSPS) is 23.8. The van der Waals surface area contributed by atoms with Gasteiger partial charge in [-0.1, -0.05) is 0 Å². The number of aliphatic hydroxyl groups is 1. The Morgan fingerprint density at radius 1 is 1.03 bits per heavy atom. The van der Waals surface area contributed by atoms with Gasteiger partial charge < -0.3 is 25.8 Å². The first kappa shape index (κ1) is 20.3. The average molecular weight is 400 g/mol. The number of nitrogens with one attached hydrogen (secondary N) is 3. The van der Waals surface area contributed by atoms with E-state index in [-0.39, 0.29) is 6.04 Å². The number of aromatic nitrogens is 2. The summed E-state index contributed by atoms with van der Waals surface area (Å²) in [7, 11) is 0. The quantitative estimate of drug-likeness (QED) is 0.568. The molecule has 1 aliphatic carbocycles. The Balaban J connectivity index is 1.46. The number of anilines is 2. The summed E-state index contributed by atoms with van der Waals surface area (Å²) in [5.74, 6) is 1.69. The van der Waals surface area contributed by atoms with Crippen LogP contribution in [-0.4, -0.2) is 52.5 Å². The highest BCUT2D eigenvalue weighted by molar-refractivity contribution is 5.93. The Labute approximate surface area is 172 Å². The molecule has 2 aliphatic rings. The summed E-state index contributed by atoms with van der Waals surface area (Å²) in [5, 5.41) is 22.7. The number of hydrogen-bond acceptors (Lipinski definition) is 7. The molecule has 1 saturated carbocycles. The third kappa shape index (κ3) is 4.97.